The topological polar surface area (TPSA) is 94.0 Å². The van der Waals surface area contributed by atoms with Crippen LogP contribution in [0.3, 0.4) is 0 Å². The number of nitrogens with two attached hydrogens (primary N) is 1. The monoisotopic (exact) mass is 286 g/mol. The third-order valence-electron chi connectivity index (χ3n) is 2.30. The van der Waals surface area contributed by atoms with E-state index in [-0.39, 0.29) is 23.0 Å². The van der Waals surface area contributed by atoms with Crippen LogP contribution in [-0.2, 0) is 6.18 Å². The SMILES string of the molecule is Cc1nnc(-c2cc(NC(N)=O)cc(C(F)(F)F)c2)o1. The Hall–Kier alpha value is -2.58. The maximum Gasteiger partial charge on any atom is 0.416 e. The van der Waals surface area contributed by atoms with Gasteiger partial charge in [-0.05, 0) is 18.2 Å². The van der Waals surface area contributed by atoms with Crippen LogP contribution in [-0.4, -0.2) is 16.2 Å². The van der Waals surface area contributed by atoms with Gasteiger partial charge in [0.05, 0.1) is 5.56 Å². The molecule has 0 atom stereocenters. The molecule has 1 heterocycles. The summed E-state index contributed by atoms with van der Waals surface area (Å²) in [7, 11) is 0. The molecule has 2 amide bonds. The zero-order chi connectivity index (χ0) is 14.9. The van der Waals surface area contributed by atoms with Gasteiger partial charge in [-0.2, -0.15) is 13.2 Å². The number of hydrogen-bond acceptors (Lipinski definition) is 4. The maximum atomic E-state index is 12.8. The number of carbonyl (C=O) groups excluding carboxylic acids is 1. The first-order chi connectivity index (χ1) is 9.25. The lowest BCUT2D eigenvalue weighted by molar-refractivity contribution is -0.137. The van der Waals surface area contributed by atoms with E-state index >= 15 is 0 Å². The lowest BCUT2D eigenvalue weighted by Crippen LogP contribution is -2.19. The number of alkyl halides is 3. The van der Waals surface area contributed by atoms with Gasteiger partial charge in [0.15, 0.2) is 0 Å². The van der Waals surface area contributed by atoms with Crippen LogP contribution in [0.5, 0.6) is 0 Å². The number of anilines is 1. The predicted molar refractivity (Wildman–Crippen MR) is 62.7 cm³/mol. The summed E-state index contributed by atoms with van der Waals surface area (Å²) in [5.74, 6) is 0.128. The first kappa shape index (κ1) is 13.8. The molecule has 20 heavy (non-hydrogen) atoms. The van der Waals surface area contributed by atoms with E-state index in [0.29, 0.717) is 0 Å². The molecule has 0 radical (unpaired) electrons. The fourth-order valence-corrected chi connectivity index (χ4v) is 1.54. The standard InChI is InChI=1S/C11H9F3N4O2/c1-5-17-18-9(20-5)6-2-7(11(12,13)14)4-8(3-6)16-10(15)19/h2-4H,1H3,(H3,15,16,19). The Balaban J connectivity index is 2.53. The predicted octanol–water partition coefficient (Wildman–Crippen LogP) is 2.55. The molecule has 9 heteroatoms. The third kappa shape index (κ3) is 3.05. The van der Waals surface area contributed by atoms with Crippen molar-refractivity contribution in [1.29, 1.82) is 0 Å². The van der Waals surface area contributed by atoms with Crippen molar-refractivity contribution >= 4 is 11.7 Å². The van der Waals surface area contributed by atoms with Crippen LogP contribution >= 0.6 is 0 Å². The molecule has 2 aromatic rings. The van der Waals surface area contributed by atoms with E-state index in [0.717, 1.165) is 12.1 Å². The van der Waals surface area contributed by atoms with Crippen LogP contribution < -0.4 is 11.1 Å². The average Bonchev–Trinajstić information content (AvgIpc) is 2.73. The zero-order valence-electron chi connectivity index (χ0n) is 10.2. The first-order valence-electron chi connectivity index (χ1n) is 5.35. The van der Waals surface area contributed by atoms with Crippen molar-refractivity contribution < 1.29 is 22.4 Å². The molecule has 0 bridgehead atoms. The minimum Gasteiger partial charge on any atom is -0.421 e. The van der Waals surface area contributed by atoms with E-state index < -0.39 is 17.8 Å². The van der Waals surface area contributed by atoms with E-state index in [4.69, 9.17) is 10.2 Å². The average molecular weight is 286 g/mol. The van der Waals surface area contributed by atoms with Gasteiger partial charge in [-0.3, -0.25) is 0 Å². The molecule has 106 valence electrons. The second-order valence-corrected chi connectivity index (χ2v) is 3.91. The number of nitrogens with zero attached hydrogens (tertiary/aromatic N) is 2. The van der Waals surface area contributed by atoms with Gasteiger partial charge in [-0.25, -0.2) is 4.79 Å². The summed E-state index contributed by atoms with van der Waals surface area (Å²) in [6.07, 6.45) is -4.58. The van der Waals surface area contributed by atoms with Crippen molar-refractivity contribution in [3.63, 3.8) is 0 Å². The number of aromatic nitrogens is 2. The smallest absolute Gasteiger partial charge is 0.416 e. The van der Waals surface area contributed by atoms with E-state index in [1.807, 2.05) is 0 Å². The normalized spacial score (nSPS) is 11.4. The Morgan fingerprint density at radius 3 is 2.50 bits per heavy atom. The largest absolute Gasteiger partial charge is 0.421 e. The molecule has 0 saturated carbocycles. The van der Waals surface area contributed by atoms with Crippen LogP contribution in [0.15, 0.2) is 22.6 Å². The number of benzene rings is 1. The molecule has 6 nitrogen and oxygen atoms in total. The molecule has 0 saturated heterocycles. The van der Waals surface area contributed by atoms with Crippen molar-refractivity contribution in [3.8, 4) is 11.5 Å². The number of rotatable bonds is 2. The van der Waals surface area contributed by atoms with E-state index in [2.05, 4.69) is 15.5 Å². The Bertz CT molecular complexity index is 651. The Labute approximate surface area is 110 Å². The highest BCUT2D eigenvalue weighted by Gasteiger charge is 2.32. The third-order valence-corrected chi connectivity index (χ3v) is 2.30. The molecule has 0 fully saturated rings. The van der Waals surface area contributed by atoms with Crippen LogP contribution in [0.25, 0.3) is 11.5 Å². The van der Waals surface area contributed by atoms with Crippen LogP contribution in [0.1, 0.15) is 11.5 Å². The summed E-state index contributed by atoms with van der Waals surface area (Å²) in [4.78, 5) is 10.8. The molecule has 0 spiro atoms. The van der Waals surface area contributed by atoms with Gasteiger partial charge in [0.25, 0.3) is 0 Å². The minimum absolute atomic E-state index is 0.0316. The van der Waals surface area contributed by atoms with Gasteiger partial charge in [0.1, 0.15) is 0 Å². The van der Waals surface area contributed by atoms with Crippen LogP contribution in [0.2, 0.25) is 0 Å². The minimum atomic E-state index is -4.58. The van der Waals surface area contributed by atoms with E-state index in [1.165, 1.54) is 13.0 Å². The van der Waals surface area contributed by atoms with Crippen molar-refractivity contribution in [2.75, 3.05) is 5.32 Å². The molecule has 1 aromatic heterocycles. The van der Waals surface area contributed by atoms with Crippen LogP contribution in [0.4, 0.5) is 23.7 Å². The number of carbonyl (C=O) groups is 1. The molecular weight excluding hydrogens is 277 g/mol. The molecule has 2 rings (SSSR count). The van der Waals surface area contributed by atoms with Gasteiger partial charge < -0.3 is 15.5 Å². The second-order valence-electron chi connectivity index (χ2n) is 3.91. The number of nitrogens with one attached hydrogen (secondary N) is 1. The van der Waals surface area contributed by atoms with Gasteiger partial charge >= 0.3 is 12.2 Å². The molecular formula is C11H9F3N4O2. The van der Waals surface area contributed by atoms with Gasteiger partial charge in [0.2, 0.25) is 11.8 Å². The van der Waals surface area contributed by atoms with Gasteiger partial charge in [-0.15, -0.1) is 10.2 Å². The zero-order valence-corrected chi connectivity index (χ0v) is 10.2. The summed E-state index contributed by atoms with van der Waals surface area (Å²) < 4.78 is 43.5. The highest BCUT2D eigenvalue weighted by atomic mass is 19.4. The van der Waals surface area contributed by atoms with E-state index in [9.17, 15) is 18.0 Å². The summed E-state index contributed by atoms with van der Waals surface area (Å²) >= 11 is 0. The highest BCUT2D eigenvalue weighted by Crippen LogP contribution is 2.34. The fourth-order valence-electron chi connectivity index (χ4n) is 1.54. The van der Waals surface area contributed by atoms with Gasteiger partial charge in [-0.1, -0.05) is 0 Å². The van der Waals surface area contributed by atoms with E-state index in [1.54, 1.807) is 0 Å². The van der Waals surface area contributed by atoms with Crippen molar-refractivity contribution in [2.45, 2.75) is 13.1 Å². The lowest BCUT2D eigenvalue weighted by Gasteiger charge is -2.10. The molecule has 0 aliphatic rings. The first-order valence-corrected chi connectivity index (χ1v) is 5.35. The lowest BCUT2D eigenvalue weighted by atomic mass is 10.1. The summed E-state index contributed by atoms with van der Waals surface area (Å²) in [6.45, 7) is 1.51. The Morgan fingerprint density at radius 2 is 2.00 bits per heavy atom. The maximum absolute atomic E-state index is 12.8. The van der Waals surface area contributed by atoms with Crippen LogP contribution in [0, 0.1) is 6.92 Å². The molecule has 0 aliphatic heterocycles. The number of amides is 2. The molecule has 3 N–H and O–H groups in total. The summed E-state index contributed by atoms with van der Waals surface area (Å²) in [6, 6.07) is 1.89. The number of primary amides is 1. The number of halogens is 3. The summed E-state index contributed by atoms with van der Waals surface area (Å²) in [5, 5.41) is 9.25. The number of urea groups is 1. The van der Waals surface area contributed by atoms with Gasteiger partial charge in [0, 0.05) is 18.2 Å². The number of hydrogen-bond donors (Lipinski definition) is 2. The Kier molecular flexibility index (Phi) is 3.35. The highest BCUT2D eigenvalue weighted by molar-refractivity contribution is 5.88. The van der Waals surface area contributed by atoms with Crippen molar-refractivity contribution in [1.82, 2.24) is 10.2 Å². The fraction of sp³-hybridized carbons (Fsp3) is 0.182. The second kappa shape index (κ2) is 4.83. The quantitative estimate of drug-likeness (QED) is 0.887. The molecule has 1 aromatic carbocycles. The molecule has 0 aliphatic carbocycles. The summed E-state index contributed by atoms with van der Waals surface area (Å²) in [5.41, 5.74) is 3.85. The Morgan fingerprint density at radius 1 is 1.30 bits per heavy atom. The van der Waals surface area contributed by atoms with Crippen molar-refractivity contribution in [2.24, 2.45) is 5.73 Å². The van der Waals surface area contributed by atoms with Crippen molar-refractivity contribution in [3.05, 3.63) is 29.7 Å². The number of aryl methyl sites for hydroxylation is 1. The molecule has 0 unspecified atom stereocenters.